The van der Waals surface area contributed by atoms with Crippen molar-refractivity contribution < 1.29 is 22.7 Å². The minimum absolute atomic E-state index is 0.0173. The van der Waals surface area contributed by atoms with Crippen LogP contribution in [0.1, 0.15) is 23.7 Å². The van der Waals surface area contributed by atoms with Crippen LogP contribution in [-0.2, 0) is 11.3 Å². The molecule has 0 unspecified atom stereocenters. The molecule has 1 atom stereocenters. The number of hydrogen-bond donors (Lipinski definition) is 3. The van der Waals surface area contributed by atoms with Crippen molar-refractivity contribution in [3.8, 4) is 0 Å². The number of carbonyl (C=O) groups is 1. The molecule has 9 heteroatoms. The predicted molar refractivity (Wildman–Crippen MR) is 78.2 cm³/mol. The van der Waals surface area contributed by atoms with Gasteiger partial charge in [0.15, 0.2) is 0 Å². The van der Waals surface area contributed by atoms with Gasteiger partial charge in [-0.3, -0.25) is 4.79 Å². The number of rotatable bonds is 6. The number of carbonyl (C=O) groups excluding carboxylic acids is 1. The summed E-state index contributed by atoms with van der Waals surface area (Å²) < 4.78 is 40.2. The molecule has 0 aliphatic rings. The fourth-order valence-electron chi connectivity index (χ4n) is 1.94. The number of aryl methyl sites for hydroxylation is 2. The Bertz CT molecular complexity index is 599. The second-order valence-corrected chi connectivity index (χ2v) is 5.30. The minimum atomic E-state index is -4.40. The highest BCUT2D eigenvalue weighted by Crippen LogP contribution is 2.14. The molecular weight excluding hydrogens is 315 g/mol. The number of pyridine rings is 1. The Morgan fingerprint density at radius 3 is 2.61 bits per heavy atom. The maximum absolute atomic E-state index is 11.9. The fourth-order valence-corrected chi connectivity index (χ4v) is 1.94. The third kappa shape index (κ3) is 7.18. The van der Waals surface area contributed by atoms with Crippen molar-refractivity contribution in [2.75, 3.05) is 13.2 Å². The molecule has 0 saturated carbocycles. The third-order valence-electron chi connectivity index (χ3n) is 2.93. The Balaban J connectivity index is 2.41. The number of H-pyrrole nitrogens is 1. The smallest absolute Gasteiger partial charge is 0.370 e. The molecule has 1 aromatic heterocycles. The van der Waals surface area contributed by atoms with Crippen molar-refractivity contribution in [3.63, 3.8) is 0 Å². The largest absolute Gasteiger partial charge is 0.411 e. The lowest BCUT2D eigenvalue weighted by Crippen LogP contribution is -2.43. The standard InChI is InChI=1S/C14H20F3N3O3/c1-8-4-9(2)19-12(21)11(8)5-18-13(22)20-10(3)6-23-7-14(15,16)17/h4,10H,5-7H2,1-3H3,(H,19,21)(H2,18,20,22)/t10-/m1/s1. The van der Waals surface area contributed by atoms with Crippen molar-refractivity contribution in [2.45, 2.75) is 39.5 Å². The van der Waals surface area contributed by atoms with Crippen LogP contribution < -0.4 is 16.2 Å². The van der Waals surface area contributed by atoms with Gasteiger partial charge in [0.25, 0.3) is 5.56 Å². The summed E-state index contributed by atoms with van der Waals surface area (Å²) in [6.07, 6.45) is -4.40. The lowest BCUT2D eigenvalue weighted by Gasteiger charge is -2.16. The molecule has 0 spiro atoms. The number of nitrogens with one attached hydrogen (secondary N) is 3. The average Bonchev–Trinajstić information content (AvgIpc) is 2.35. The first-order chi connectivity index (χ1) is 10.6. The number of amides is 2. The molecule has 1 rings (SSSR count). The van der Waals surface area contributed by atoms with E-state index < -0.39 is 24.9 Å². The van der Waals surface area contributed by atoms with Gasteiger partial charge in [-0.2, -0.15) is 13.2 Å². The molecule has 0 bridgehead atoms. The summed E-state index contributed by atoms with van der Waals surface area (Å²) in [4.78, 5) is 26.1. The lowest BCUT2D eigenvalue weighted by atomic mass is 10.1. The molecule has 1 aromatic rings. The molecule has 3 N–H and O–H groups in total. The van der Waals surface area contributed by atoms with Crippen molar-refractivity contribution >= 4 is 6.03 Å². The van der Waals surface area contributed by atoms with Gasteiger partial charge in [0.2, 0.25) is 0 Å². The van der Waals surface area contributed by atoms with E-state index in [1.54, 1.807) is 19.9 Å². The maximum Gasteiger partial charge on any atom is 0.411 e. The summed E-state index contributed by atoms with van der Waals surface area (Å²) >= 11 is 0. The van der Waals surface area contributed by atoms with Gasteiger partial charge in [-0.05, 0) is 32.4 Å². The zero-order chi connectivity index (χ0) is 17.6. The number of hydrogen-bond acceptors (Lipinski definition) is 3. The zero-order valence-electron chi connectivity index (χ0n) is 13.1. The average molecular weight is 335 g/mol. The van der Waals surface area contributed by atoms with E-state index in [0.29, 0.717) is 5.56 Å². The lowest BCUT2D eigenvalue weighted by molar-refractivity contribution is -0.174. The molecule has 2 amide bonds. The minimum Gasteiger partial charge on any atom is -0.370 e. The first-order valence-electron chi connectivity index (χ1n) is 6.96. The zero-order valence-corrected chi connectivity index (χ0v) is 13.1. The monoisotopic (exact) mass is 335 g/mol. The second-order valence-electron chi connectivity index (χ2n) is 5.30. The van der Waals surface area contributed by atoms with E-state index in [4.69, 9.17) is 0 Å². The van der Waals surface area contributed by atoms with Gasteiger partial charge in [-0.25, -0.2) is 4.79 Å². The van der Waals surface area contributed by atoms with Crippen LogP contribution in [0.15, 0.2) is 10.9 Å². The van der Waals surface area contributed by atoms with Crippen molar-refractivity contribution in [3.05, 3.63) is 33.2 Å². The SMILES string of the molecule is Cc1cc(C)c(CNC(=O)N[C@H](C)COCC(F)(F)F)c(=O)[nH]1. The van der Waals surface area contributed by atoms with Crippen molar-refractivity contribution in [1.29, 1.82) is 0 Å². The Morgan fingerprint density at radius 2 is 2.04 bits per heavy atom. The van der Waals surface area contributed by atoms with Crippen LogP contribution in [-0.4, -0.2) is 36.4 Å². The first kappa shape index (κ1) is 19.0. The van der Waals surface area contributed by atoms with Crippen LogP contribution in [0.3, 0.4) is 0 Å². The Hall–Kier alpha value is -2.03. The predicted octanol–water partition coefficient (Wildman–Crippen LogP) is 1.76. The quantitative estimate of drug-likeness (QED) is 0.741. The van der Waals surface area contributed by atoms with E-state index in [0.717, 1.165) is 11.3 Å². The summed E-state index contributed by atoms with van der Waals surface area (Å²) in [6, 6.07) is 0.589. The summed E-state index contributed by atoms with van der Waals surface area (Å²) in [7, 11) is 0. The van der Waals surface area contributed by atoms with Gasteiger partial charge in [-0.1, -0.05) is 0 Å². The number of halogens is 3. The summed E-state index contributed by atoms with van der Waals surface area (Å²) in [5.41, 5.74) is 1.60. The number of urea groups is 1. The van der Waals surface area contributed by atoms with Crippen LogP contribution in [0.25, 0.3) is 0 Å². The van der Waals surface area contributed by atoms with E-state index in [1.807, 2.05) is 0 Å². The highest BCUT2D eigenvalue weighted by Gasteiger charge is 2.27. The Morgan fingerprint density at radius 1 is 1.39 bits per heavy atom. The molecule has 0 aromatic carbocycles. The van der Waals surface area contributed by atoms with Crippen LogP contribution in [0.5, 0.6) is 0 Å². The summed E-state index contributed by atoms with van der Waals surface area (Å²) in [5.74, 6) is 0. The second kappa shape index (κ2) is 8.00. The van der Waals surface area contributed by atoms with Crippen molar-refractivity contribution in [2.24, 2.45) is 0 Å². The topological polar surface area (TPSA) is 83.2 Å². The molecule has 23 heavy (non-hydrogen) atoms. The van der Waals surface area contributed by atoms with Crippen molar-refractivity contribution in [1.82, 2.24) is 15.6 Å². The Labute approximate surface area is 131 Å². The van der Waals surface area contributed by atoms with Gasteiger partial charge < -0.3 is 20.4 Å². The summed E-state index contributed by atoms with van der Waals surface area (Å²) in [6.45, 7) is 3.41. The maximum atomic E-state index is 11.9. The van der Waals surface area contributed by atoms with Crippen LogP contribution in [0, 0.1) is 13.8 Å². The molecule has 0 radical (unpaired) electrons. The fraction of sp³-hybridized carbons (Fsp3) is 0.571. The highest BCUT2D eigenvalue weighted by atomic mass is 19.4. The molecular formula is C14H20F3N3O3. The van der Waals surface area contributed by atoms with Gasteiger partial charge in [0.1, 0.15) is 6.61 Å². The number of aromatic amines is 1. The number of ether oxygens (including phenoxy) is 1. The van der Waals surface area contributed by atoms with E-state index in [2.05, 4.69) is 20.4 Å². The molecule has 1 heterocycles. The normalized spacial score (nSPS) is 12.8. The van der Waals surface area contributed by atoms with Crippen LogP contribution in [0.4, 0.5) is 18.0 Å². The molecule has 0 saturated heterocycles. The third-order valence-corrected chi connectivity index (χ3v) is 2.93. The van der Waals surface area contributed by atoms with Crippen LogP contribution in [0.2, 0.25) is 0 Å². The first-order valence-corrected chi connectivity index (χ1v) is 6.96. The van der Waals surface area contributed by atoms with Crippen LogP contribution >= 0.6 is 0 Å². The van der Waals surface area contributed by atoms with Gasteiger partial charge in [0, 0.05) is 11.3 Å². The highest BCUT2D eigenvalue weighted by molar-refractivity contribution is 5.74. The number of alkyl halides is 3. The van der Waals surface area contributed by atoms with E-state index >= 15 is 0 Å². The van der Waals surface area contributed by atoms with E-state index in [-0.39, 0.29) is 18.7 Å². The molecule has 0 aliphatic heterocycles. The van der Waals surface area contributed by atoms with E-state index in [9.17, 15) is 22.8 Å². The summed E-state index contributed by atoms with van der Waals surface area (Å²) in [5, 5.41) is 4.92. The Kier molecular flexibility index (Phi) is 6.62. The molecule has 0 aliphatic carbocycles. The van der Waals surface area contributed by atoms with Gasteiger partial charge in [0.05, 0.1) is 19.2 Å². The molecule has 6 nitrogen and oxygen atoms in total. The van der Waals surface area contributed by atoms with Gasteiger partial charge in [-0.15, -0.1) is 0 Å². The van der Waals surface area contributed by atoms with Gasteiger partial charge >= 0.3 is 12.2 Å². The molecule has 130 valence electrons. The molecule has 0 fully saturated rings. The van der Waals surface area contributed by atoms with E-state index in [1.165, 1.54) is 6.92 Å². The number of aromatic nitrogens is 1.